The van der Waals surface area contributed by atoms with Gasteiger partial charge in [0.15, 0.2) is 7.28 Å². The first-order chi connectivity index (χ1) is 4.81. The molecule has 0 amide bonds. The second-order valence-corrected chi connectivity index (χ2v) is 2.33. The quantitative estimate of drug-likeness (QED) is 0.318. The first-order valence-electron chi connectivity index (χ1n) is 3.92. The van der Waals surface area contributed by atoms with Gasteiger partial charge in [0.2, 0.25) is 0 Å². The molecule has 0 saturated heterocycles. The number of hydrogen-bond donors (Lipinski definition) is 0. The summed E-state index contributed by atoms with van der Waals surface area (Å²) in [5.74, 6) is 2.15. The van der Waals surface area contributed by atoms with Crippen molar-refractivity contribution in [2.45, 2.75) is 27.2 Å². The molecule has 0 N–H and O–H groups in total. The Morgan fingerprint density at radius 1 is 1.60 bits per heavy atom. The molecular formula is C8H16BN. The first kappa shape index (κ1) is 9.47. The highest BCUT2D eigenvalue weighted by molar-refractivity contribution is 6.42. The largest absolute Gasteiger partial charge is 0.303 e. The van der Waals surface area contributed by atoms with Gasteiger partial charge in [0, 0.05) is 12.2 Å². The smallest absolute Gasteiger partial charge is 0.173 e. The van der Waals surface area contributed by atoms with Crippen LogP contribution >= 0.6 is 0 Å². The van der Waals surface area contributed by atoms with Crippen molar-refractivity contribution in [1.29, 1.82) is 0 Å². The maximum absolute atomic E-state index is 4.35. The van der Waals surface area contributed by atoms with Crippen molar-refractivity contribution < 1.29 is 0 Å². The number of aliphatic imine (C=N–C) groups is 1. The lowest BCUT2D eigenvalue weighted by molar-refractivity contribution is 1.21. The molecule has 0 aromatic carbocycles. The fraction of sp³-hybridized carbons (Fsp3) is 0.625. The van der Waals surface area contributed by atoms with Crippen LogP contribution in [0.25, 0.3) is 0 Å². The monoisotopic (exact) mass is 137 g/mol. The van der Waals surface area contributed by atoms with Gasteiger partial charge in [0.1, 0.15) is 0 Å². The lowest BCUT2D eigenvalue weighted by Crippen LogP contribution is -1.96. The molecule has 2 heteroatoms. The molecule has 0 spiro atoms. The van der Waals surface area contributed by atoms with Gasteiger partial charge < -0.3 is 4.99 Å². The number of nitrogens with zero attached hydrogens (tertiary/aromatic N) is 1. The van der Waals surface area contributed by atoms with E-state index in [9.17, 15) is 0 Å². The van der Waals surface area contributed by atoms with Crippen molar-refractivity contribution >= 4 is 13.0 Å². The molecule has 0 atom stereocenters. The Labute approximate surface area is 64.5 Å². The average molecular weight is 137 g/mol. The number of allylic oxidation sites excluding steroid dienone is 1. The molecule has 0 aromatic rings. The number of rotatable bonds is 4. The Kier molecular flexibility index (Phi) is 6.25. The Bertz CT molecular complexity index is 127. The van der Waals surface area contributed by atoms with Crippen LogP contribution in [-0.4, -0.2) is 19.4 Å². The van der Waals surface area contributed by atoms with E-state index in [2.05, 4.69) is 30.9 Å². The summed E-state index contributed by atoms with van der Waals surface area (Å²) in [5, 5.41) is 0. The Hall–Kier alpha value is -0.525. The van der Waals surface area contributed by atoms with Crippen molar-refractivity contribution in [3.05, 3.63) is 12.1 Å². The average Bonchev–Trinajstić information content (AvgIpc) is 1.98. The van der Waals surface area contributed by atoms with Crippen LogP contribution in [0.4, 0.5) is 0 Å². The zero-order valence-electron chi connectivity index (χ0n) is 7.22. The van der Waals surface area contributed by atoms with E-state index in [-0.39, 0.29) is 0 Å². The molecule has 10 heavy (non-hydrogen) atoms. The SMILES string of the molecule is C/C=C/BC/N=C(/C)CC. The summed E-state index contributed by atoms with van der Waals surface area (Å²) < 4.78 is 0. The van der Waals surface area contributed by atoms with E-state index >= 15 is 0 Å². The van der Waals surface area contributed by atoms with Crippen LogP contribution in [0.15, 0.2) is 17.0 Å². The van der Waals surface area contributed by atoms with Crippen molar-refractivity contribution in [3.8, 4) is 0 Å². The van der Waals surface area contributed by atoms with Gasteiger partial charge in [-0.25, -0.2) is 0 Å². The van der Waals surface area contributed by atoms with Crippen molar-refractivity contribution in [3.63, 3.8) is 0 Å². The summed E-state index contributed by atoms with van der Waals surface area (Å²) in [6.07, 6.45) is 4.09. The highest BCUT2D eigenvalue weighted by Crippen LogP contribution is 1.83. The molecule has 0 aliphatic heterocycles. The van der Waals surface area contributed by atoms with Gasteiger partial charge in [-0.1, -0.05) is 6.92 Å². The summed E-state index contributed by atoms with van der Waals surface area (Å²) in [6.45, 7) is 6.25. The fourth-order valence-corrected chi connectivity index (χ4v) is 0.608. The summed E-state index contributed by atoms with van der Waals surface area (Å²) in [5.41, 5.74) is 1.25. The lowest BCUT2D eigenvalue weighted by atomic mass is 9.79. The van der Waals surface area contributed by atoms with Gasteiger partial charge >= 0.3 is 0 Å². The zero-order valence-corrected chi connectivity index (χ0v) is 7.22. The highest BCUT2D eigenvalue weighted by atomic mass is 14.7. The van der Waals surface area contributed by atoms with Crippen molar-refractivity contribution in [2.24, 2.45) is 4.99 Å². The summed E-state index contributed by atoms with van der Waals surface area (Å²) in [7, 11) is 1.08. The Morgan fingerprint density at radius 2 is 2.30 bits per heavy atom. The minimum Gasteiger partial charge on any atom is -0.303 e. The topological polar surface area (TPSA) is 12.4 Å². The standard InChI is InChI=1S/C8H16BN/c1-4-6-9-7-10-8(3)5-2/h4,6,9H,5,7H2,1-3H3/b6-4+,10-8-. The van der Waals surface area contributed by atoms with Crippen LogP contribution in [0, 0.1) is 0 Å². The predicted octanol–water partition coefficient (Wildman–Crippen LogP) is 1.78. The van der Waals surface area contributed by atoms with E-state index in [1.165, 1.54) is 5.71 Å². The van der Waals surface area contributed by atoms with E-state index < -0.39 is 0 Å². The third kappa shape index (κ3) is 5.61. The van der Waals surface area contributed by atoms with E-state index in [4.69, 9.17) is 0 Å². The number of hydrogen-bond acceptors (Lipinski definition) is 1. The van der Waals surface area contributed by atoms with Crippen LogP contribution in [0.5, 0.6) is 0 Å². The van der Waals surface area contributed by atoms with E-state index in [1.54, 1.807) is 0 Å². The molecule has 0 rings (SSSR count). The summed E-state index contributed by atoms with van der Waals surface area (Å²) in [4.78, 5) is 4.35. The van der Waals surface area contributed by atoms with E-state index in [0.29, 0.717) is 0 Å². The van der Waals surface area contributed by atoms with Gasteiger partial charge in [-0.15, -0.1) is 12.1 Å². The zero-order chi connectivity index (χ0) is 7.82. The molecule has 0 fully saturated rings. The first-order valence-corrected chi connectivity index (χ1v) is 3.92. The van der Waals surface area contributed by atoms with Crippen LogP contribution < -0.4 is 0 Å². The molecule has 0 saturated carbocycles. The molecule has 0 aliphatic rings. The maximum Gasteiger partial charge on any atom is 0.173 e. The molecule has 0 heterocycles. The third-order valence-corrected chi connectivity index (χ3v) is 1.42. The summed E-state index contributed by atoms with van der Waals surface area (Å²) >= 11 is 0. The normalized spacial score (nSPS) is 12.5. The van der Waals surface area contributed by atoms with Crippen LogP contribution in [-0.2, 0) is 0 Å². The molecule has 56 valence electrons. The maximum atomic E-state index is 4.35. The second-order valence-electron chi connectivity index (χ2n) is 2.33. The van der Waals surface area contributed by atoms with Gasteiger partial charge in [-0.05, 0) is 20.3 Å². The van der Waals surface area contributed by atoms with Crippen LogP contribution in [0.2, 0.25) is 0 Å². The molecule has 0 aromatic heterocycles. The van der Waals surface area contributed by atoms with Crippen LogP contribution in [0.1, 0.15) is 27.2 Å². The Balaban J connectivity index is 3.33. The molecule has 0 radical (unpaired) electrons. The molecular weight excluding hydrogens is 121 g/mol. The fourth-order valence-electron chi connectivity index (χ4n) is 0.608. The molecule has 0 unspecified atom stereocenters. The van der Waals surface area contributed by atoms with Crippen LogP contribution in [0.3, 0.4) is 0 Å². The molecule has 0 aliphatic carbocycles. The van der Waals surface area contributed by atoms with Gasteiger partial charge in [-0.3, -0.25) is 0 Å². The van der Waals surface area contributed by atoms with Gasteiger partial charge in [-0.2, -0.15) is 0 Å². The summed E-state index contributed by atoms with van der Waals surface area (Å²) in [6, 6.07) is 0. The third-order valence-electron chi connectivity index (χ3n) is 1.42. The van der Waals surface area contributed by atoms with E-state index in [0.717, 1.165) is 20.1 Å². The van der Waals surface area contributed by atoms with Gasteiger partial charge in [0.05, 0.1) is 0 Å². The minimum atomic E-state index is 0.948. The van der Waals surface area contributed by atoms with Crippen molar-refractivity contribution in [2.75, 3.05) is 6.44 Å². The minimum absolute atomic E-state index is 0.948. The predicted molar refractivity (Wildman–Crippen MR) is 50.2 cm³/mol. The van der Waals surface area contributed by atoms with Crippen molar-refractivity contribution in [1.82, 2.24) is 0 Å². The van der Waals surface area contributed by atoms with E-state index in [1.807, 2.05) is 6.92 Å². The molecule has 1 nitrogen and oxygen atoms in total. The highest BCUT2D eigenvalue weighted by Gasteiger charge is 1.84. The molecule has 0 bridgehead atoms. The van der Waals surface area contributed by atoms with Gasteiger partial charge in [0.25, 0.3) is 0 Å². The second kappa shape index (κ2) is 6.59. The lowest BCUT2D eigenvalue weighted by Gasteiger charge is -1.91. The Morgan fingerprint density at radius 3 is 2.80 bits per heavy atom.